The molecule has 1 aliphatic heterocycles. The Hall–Kier alpha value is -1.84. The molecule has 0 saturated carbocycles. The summed E-state index contributed by atoms with van der Waals surface area (Å²) in [5.74, 6) is -1.39. The van der Waals surface area contributed by atoms with Gasteiger partial charge in [-0.15, -0.1) is 0 Å². The smallest absolute Gasteiger partial charge is 0.254 e. The first-order chi connectivity index (χ1) is 12.8. The molecule has 0 spiro atoms. The number of benzene rings is 2. The molecule has 1 fully saturated rings. The van der Waals surface area contributed by atoms with Crippen molar-refractivity contribution in [1.29, 1.82) is 0 Å². The third-order valence-electron chi connectivity index (χ3n) is 4.30. The van der Waals surface area contributed by atoms with Gasteiger partial charge < -0.3 is 4.90 Å². The normalized spacial score (nSPS) is 16.2. The fourth-order valence-electron chi connectivity index (χ4n) is 2.95. The van der Waals surface area contributed by atoms with E-state index in [-0.39, 0.29) is 36.0 Å². The molecule has 0 bridgehead atoms. The molecule has 1 heterocycles. The summed E-state index contributed by atoms with van der Waals surface area (Å²) in [6.45, 7) is 0.911. The fourth-order valence-corrected chi connectivity index (χ4v) is 4.89. The van der Waals surface area contributed by atoms with Crippen molar-refractivity contribution in [2.24, 2.45) is 0 Å². The number of amides is 1. The number of sulfonamides is 1. The molecule has 1 amide bonds. The van der Waals surface area contributed by atoms with Crippen LogP contribution in [0.5, 0.6) is 0 Å². The summed E-state index contributed by atoms with van der Waals surface area (Å²) in [5.41, 5.74) is 0.205. The number of hydrogen-bond donors (Lipinski definition) is 0. The van der Waals surface area contributed by atoms with E-state index in [2.05, 4.69) is 15.9 Å². The Morgan fingerprint density at radius 2 is 1.63 bits per heavy atom. The molecular weight excluding hydrogens is 442 g/mol. The summed E-state index contributed by atoms with van der Waals surface area (Å²) < 4.78 is 53.8. The zero-order valence-corrected chi connectivity index (χ0v) is 16.6. The van der Waals surface area contributed by atoms with Crippen molar-refractivity contribution < 1.29 is 22.0 Å². The minimum Gasteiger partial charge on any atom is -0.337 e. The van der Waals surface area contributed by atoms with Gasteiger partial charge in [0.1, 0.15) is 11.6 Å². The molecule has 0 aromatic heterocycles. The first-order valence-electron chi connectivity index (χ1n) is 8.28. The molecule has 0 aliphatic carbocycles. The van der Waals surface area contributed by atoms with Crippen LogP contribution >= 0.6 is 15.9 Å². The molecule has 9 heteroatoms. The topological polar surface area (TPSA) is 57.7 Å². The predicted molar refractivity (Wildman–Crippen MR) is 99.8 cm³/mol. The maximum atomic E-state index is 13.6. The minimum absolute atomic E-state index is 0.0118. The maximum absolute atomic E-state index is 13.6. The van der Waals surface area contributed by atoms with Gasteiger partial charge >= 0.3 is 0 Å². The van der Waals surface area contributed by atoms with Crippen molar-refractivity contribution in [2.45, 2.75) is 11.3 Å². The maximum Gasteiger partial charge on any atom is 0.254 e. The first kappa shape index (κ1) is 19.9. The van der Waals surface area contributed by atoms with E-state index < -0.39 is 21.7 Å². The van der Waals surface area contributed by atoms with Crippen LogP contribution in [0.1, 0.15) is 16.8 Å². The van der Waals surface area contributed by atoms with Crippen molar-refractivity contribution in [2.75, 3.05) is 26.2 Å². The van der Waals surface area contributed by atoms with Crippen LogP contribution in [-0.4, -0.2) is 49.7 Å². The van der Waals surface area contributed by atoms with Gasteiger partial charge in [0.15, 0.2) is 0 Å². The standard InChI is InChI=1S/C18H17BrF2N2O3S/c19-14-10-13(11-16(21)12-14)18(24)22-6-1-7-23(9-8-22)27(25,26)17-4-2-15(20)3-5-17/h2-5,10-12H,1,6-9H2. The van der Waals surface area contributed by atoms with Crippen LogP contribution in [0.3, 0.4) is 0 Å². The number of halogens is 3. The molecule has 144 valence electrons. The zero-order valence-electron chi connectivity index (χ0n) is 14.2. The average Bonchev–Trinajstić information content (AvgIpc) is 2.87. The third-order valence-corrected chi connectivity index (χ3v) is 6.67. The lowest BCUT2D eigenvalue weighted by atomic mass is 10.2. The quantitative estimate of drug-likeness (QED) is 0.708. The zero-order chi connectivity index (χ0) is 19.6. The fraction of sp³-hybridized carbons (Fsp3) is 0.278. The van der Waals surface area contributed by atoms with Gasteiger partial charge in [-0.05, 0) is 48.9 Å². The van der Waals surface area contributed by atoms with Crippen molar-refractivity contribution in [3.8, 4) is 0 Å². The monoisotopic (exact) mass is 458 g/mol. The van der Waals surface area contributed by atoms with Gasteiger partial charge in [-0.2, -0.15) is 4.31 Å². The van der Waals surface area contributed by atoms with Gasteiger partial charge in [0, 0.05) is 36.2 Å². The summed E-state index contributed by atoms with van der Waals surface area (Å²) in [7, 11) is -3.77. The molecule has 0 N–H and O–H groups in total. The Morgan fingerprint density at radius 3 is 2.30 bits per heavy atom. The van der Waals surface area contributed by atoms with Crippen LogP contribution in [0, 0.1) is 11.6 Å². The molecule has 1 aliphatic rings. The van der Waals surface area contributed by atoms with E-state index in [4.69, 9.17) is 0 Å². The van der Waals surface area contributed by atoms with Gasteiger partial charge in [0.2, 0.25) is 10.0 Å². The Balaban J connectivity index is 1.75. The molecule has 0 radical (unpaired) electrons. The summed E-state index contributed by atoms with van der Waals surface area (Å²) in [6, 6.07) is 8.60. The Labute approximate surface area is 164 Å². The van der Waals surface area contributed by atoms with Crippen LogP contribution in [0.15, 0.2) is 51.8 Å². The van der Waals surface area contributed by atoms with Crippen LogP contribution in [0.4, 0.5) is 8.78 Å². The van der Waals surface area contributed by atoms with Crippen molar-refractivity contribution in [3.63, 3.8) is 0 Å². The van der Waals surface area contributed by atoms with E-state index >= 15 is 0 Å². The molecule has 27 heavy (non-hydrogen) atoms. The van der Waals surface area contributed by atoms with Gasteiger partial charge in [-0.25, -0.2) is 17.2 Å². The van der Waals surface area contributed by atoms with Gasteiger partial charge in [-0.3, -0.25) is 4.79 Å². The van der Waals surface area contributed by atoms with E-state index in [9.17, 15) is 22.0 Å². The molecule has 0 unspecified atom stereocenters. The Kier molecular flexibility index (Phi) is 5.92. The summed E-state index contributed by atoms with van der Waals surface area (Å²) in [4.78, 5) is 14.2. The Morgan fingerprint density at radius 1 is 0.926 bits per heavy atom. The number of carbonyl (C=O) groups is 1. The highest BCUT2D eigenvalue weighted by atomic mass is 79.9. The second-order valence-corrected chi connectivity index (χ2v) is 9.02. The number of carbonyl (C=O) groups excluding carboxylic acids is 1. The highest BCUT2D eigenvalue weighted by Gasteiger charge is 2.28. The van der Waals surface area contributed by atoms with Crippen LogP contribution in [-0.2, 0) is 10.0 Å². The minimum atomic E-state index is -3.77. The van der Waals surface area contributed by atoms with E-state index in [1.54, 1.807) is 0 Å². The number of hydrogen-bond acceptors (Lipinski definition) is 3. The largest absolute Gasteiger partial charge is 0.337 e. The van der Waals surface area contributed by atoms with E-state index in [1.807, 2.05) is 0 Å². The lowest BCUT2D eigenvalue weighted by Crippen LogP contribution is -2.37. The second-order valence-electron chi connectivity index (χ2n) is 6.16. The Bertz CT molecular complexity index is 931. The molecule has 5 nitrogen and oxygen atoms in total. The second kappa shape index (κ2) is 8.04. The number of rotatable bonds is 3. The van der Waals surface area contributed by atoms with Crippen LogP contribution in [0.25, 0.3) is 0 Å². The van der Waals surface area contributed by atoms with E-state index in [0.717, 1.165) is 18.2 Å². The van der Waals surface area contributed by atoms with Crippen LogP contribution < -0.4 is 0 Å². The van der Waals surface area contributed by atoms with Crippen molar-refractivity contribution in [3.05, 3.63) is 64.1 Å². The van der Waals surface area contributed by atoms with Gasteiger partial charge in [-0.1, -0.05) is 15.9 Å². The highest BCUT2D eigenvalue weighted by molar-refractivity contribution is 9.10. The molecule has 2 aromatic carbocycles. The molecule has 2 aromatic rings. The summed E-state index contributed by atoms with van der Waals surface area (Å²) in [5, 5.41) is 0. The van der Waals surface area contributed by atoms with E-state index in [1.165, 1.54) is 33.5 Å². The molecule has 0 atom stereocenters. The van der Waals surface area contributed by atoms with Crippen molar-refractivity contribution in [1.82, 2.24) is 9.21 Å². The highest BCUT2D eigenvalue weighted by Crippen LogP contribution is 2.20. The predicted octanol–water partition coefficient (Wildman–Crippen LogP) is 3.26. The summed E-state index contributed by atoms with van der Waals surface area (Å²) in [6.07, 6.45) is 0.447. The third kappa shape index (κ3) is 4.53. The molecule has 3 rings (SSSR count). The number of nitrogens with zero attached hydrogens (tertiary/aromatic N) is 2. The lowest BCUT2D eigenvalue weighted by molar-refractivity contribution is 0.0763. The van der Waals surface area contributed by atoms with Crippen molar-refractivity contribution >= 4 is 31.9 Å². The summed E-state index contributed by atoms with van der Waals surface area (Å²) >= 11 is 3.16. The van der Waals surface area contributed by atoms with E-state index in [0.29, 0.717) is 17.4 Å². The first-order valence-corrected chi connectivity index (χ1v) is 10.5. The SMILES string of the molecule is O=C(c1cc(F)cc(Br)c1)N1CCCN(S(=O)(=O)c2ccc(F)cc2)CC1. The van der Waals surface area contributed by atoms with Crippen LogP contribution in [0.2, 0.25) is 0 Å². The molecule has 1 saturated heterocycles. The van der Waals surface area contributed by atoms with Gasteiger partial charge in [0.05, 0.1) is 4.90 Å². The van der Waals surface area contributed by atoms with Gasteiger partial charge in [0.25, 0.3) is 5.91 Å². The lowest BCUT2D eigenvalue weighted by Gasteiger charge is -2.22. The average molecular weight is 459 g/mol. The molecular formula is C18H17BrF2N2O3S.